The molecule has 35 heavy (non-hydrogen) atoms. The quantitative estimate of drug-likeness (QED) is 0.404. The first-order valence-corrected chi connectivity index (χ1v) is 13.4. The maximum Gasteiger partial charge on any atom is 0.231 e. The first kappa shape index (κ1) is 22.6. The fourth-order valence-electron chi connectivity index (χ4n) is 6.89. The molecule has 5 nitrogen and oxygen atoms in total. The molecule has 0 bridgehead atoms. The van der Waals surface area contributed by atoms with Gasteiger partial charge in [0, 0.05) is 23.4 Å². The van der Waals surface area contributed by atoms with Crippen molar-refractivity contribution in [2.75, 3.05) is 27.6 Å². The lowest BCUT2D eigenvalue weighted by atomic mass is 9.76. The number of benzene rings is 2. The van der Waals surface area contributed by atoms with Crippen LogP contribution in [0, 0.1) is 5.92 Å². The fourth-order valence-corrected chi connectivity index (χ4v) is 6.89. The number of allylic oxidation sites excluding steroid dienone is 1. The maximum absolute atomic E-state index is 6.10. The van der Waals surface area contributed by atoms with E-state index in [2.05, 4.69) is 36.1 Å². The summed E-state index contributed by atoms with van der Waals surface area (Å²) in [5, 5.41) is 0. The largest absolute Gasteiger partial charge is 0.493 e. The molecule has 3 aliphatic heterocycles. The van der Waals surface area contributed by atoms with E-state index in [1.54, 1.807) is 14.2 Å². The lowest BCUT2D eigenvalue weighted by Gasteiger charge is -2.48. The molecule has 0 aromatic heterocycles. The van der Waals surface area contributed by atoms with Gasteiger partial charge in [-0.3, -0.25) is 0 Å². The Kier molecular flexibility index (Phi) is 6.03. The molecule has 186 valence electrons. The lowest BCUT2D eigenvalue weighted by molar-refractivity contribution is 0.174. The van der Waals surface area contributed by atoms with Crippen molar-refractivity contribution < 1.29 is 18.9 Å². The zero-order valence-corrected chi connectivity index (χ0v) is 21.3. The van der Waals surface area contributed by atoms with Crippen LogP contribution in [-0.4, -0.2) is 32.5 Å². The molecule has 0 unspecified atom stereocenters. The predicted molar refractivity (Wildman–Crippen MR) is 138 cm³/mol. The molecule has 1 fully saturated rings. The Balaban J connectivity index is 1.60. The van der Waals surface area contributed by atoms with Crippen molar-refractivity contribution in [2.24, 2.45) is 5.92 Å². The predicted octanol–water partition coefficient (Wildman–Crippen LogP) is 6.98. The van der Waals surface area contributed by atoms with Gasteiger partial charge in [0.25, 0.3) is 0 Å². The molecule has 1 atom stereocenters. The van der Waals surface area contributed by atoms with Crippen LogP contribution < -0.4 is 18.9 Å². The van der Waals surface area contributed by atoms with E-state index in [1.807, 2.05) is 0 Å². The lowest BCUT2D eigenvalue weighted by Crippen LogP contribution is -2.40. The normalized spacial score (nSPS) is 20.5. The number of hydrogen-bond acceptors (Lipinski definition) is 5. The Hall–Kier alpha value is -2.82. The van der Waals surface area contributed by atoms with E-state index in [-0.39, 0.29) is 0 Å². The molecule has 0 amide bonds. The first-order valence-electron chi connectivity index (χ1n) is 13.4. The molecule has 2 aromatic carbocycles. The third-order valence-electron chi connectivity index (χ3n) is 8.47. The van der Waals surface area contributed by atoms with Gasteiger partial charge in [-0.2, -0.15) is 0 Å². The number of hydrogen-bond donors (Lipinski definition) is 0. The van der Waals surface area contributed by atoms with Crippen LogP contribution in [0.15, 0.2) is 24.3 Å². The van der Waals surface area contributed by atoms with Gasteiger partial charge in [0.2, 0.25) is 6.79 Å². The van der Waals surface area contributed by atoms with Crippen LogP contribution in [0.3, 0.4) is 0 Å². The molecule has 0 spiro atoms. The monoisotopic (exact) mass is 475 g/mol. The van der Waals surface area contributed by atoms with Crippen LogP contribution in [0.4, 0.5) is 0 Å². The summed E-state index contributed by atoms with van der Waals surface area (Å²) in [5.41, 5.74) is 8.27. The fraction of sp³-hybridized carbons (Fsp3) is 0.533. The highest BCUT2D eigenvalue weighted by atomic mass is 16.7. The summed E-state index contributed by atoms with van der Waals surface area (Å²) in [6.45, 7) is 3.61. The molecular weight excluding hydrogens is 438 g/mol. The van der Waals surface area contributed by atoms with Crippen LogP contribution in [0.5, 0.6) is 23.0 Å². The molecule has 0 radical (unpaired) electrons. The SMILES string of the molecule is CCCCCC1=C2c3cc4c(cc3CCN2[C@@H](C2CCCC2)c2c1ccc(OC)c2OC)OCO4. The van der Waals surface area contributed by atoms with Gasteiger partial charge in [0.05, 0.1) is 20.3 Å². The van der Waals surface area contributed by atoms with Crippen molar-refractivity contribution in [3.63, 3.8) is 0 Å². The molecule has 1 saturated carbocycles. The van der Waals surface area contributed by atoms with Gasteiger partial charge in [0.1, 0.15) is 0 Å². The van der Waals surface area contributed by atoms with E-state index >= 15 is 0 Å². The summed E-state index contributed by atoms with van der Waals surface area (Å²) < 4.78 is 23.5. The van der Waals surface area contributed by atoms with Gasteiger partial charge < -0.3 is 23.8 Å². The molecule has 0 N–H and O–H groups in total. The van der Waals surface area contributed by atoms with E-state index in [4.69, 9.17) is 18.9 Å². The number of methoxy groups -OCH3 is 2. The average molecular weight is 476 g/mol. The molecule has 1 aliphatic carbocycles. The van der Waals surface area contributed by atoms with Crippen LogP contribution in [-0.2, 0) is 6.42 Å². The molecule has 0 saturated heterocycles. The summed E-state index contributed by atoms with van der Waals surface area (Å²) in [5.74, 6) is 4.15. The molecule has 6 rings (SSSR count). The molecular formula is C30H37NO4. The summed E-state index contributed by atoms with van der Waals surface area (Å²) in [7, 11) is 3.55. The molecule has 2 aromatic rings. The average Bonchev–Trinajstić information content (AvgIpc) is 3.58. The van der Waals surface area contributed by atoms with Crippen molar-refractivity contribution in [3.8, 4) is 23.0 Å². The maximum atomic E-state index is 6.10. The van der Waals surface area contributed by atoms with E-state index in [9.17, 15) is 0 Å². The number of fused-ring (bicyclic) bond motifs is 5. The smallest absolute Gasteiger partial charge is 0.231 e. The summed E-state index contributed by atoms with van der Waals surface area (Å²) >= 11 is 0. The third-order valence-corrected chi connectivity index (χ3v) is 8.47. The second kappa shape index (κ2) is 9.33. The minimum absolute atomic E-state index is 0.307. The molecule has 3 heterocycles. The van der Waals surface area contributed by atoms with Crippen molar-refractivity contribution in [2.45, 2.75) is 70.8 Å². The van der Waals surface area contributed by atoms with Crippen molar-refractivity contribution in [1.82, 2.24) is 4.90 Å². The third kappa shape index (κ3) is 3.66. The van der Waals surface area contributed by atoms with Crippen molar-refractivity contribution in [3.05, 3.63) is 46.5 Å². The van der Waals surface area contributed by atoms with E-state index < -0.39 is 0 Å². The molecule has 5 heteroatoms. The van der Waals surface area contributed by atoms with Crippen LogP contribution in [0.25, 0.3) is 11.3 Å². The standard InChI is InChI=1S/C30H37NO4/c1-4-5-6-11-22-21-12-13-24(32-2)30(33-3)27(21)28(19-9-7-8-10-19)31-15-14-20-16-25-26(35-18-34-25)17-23(20)29(22)31/h12-13,16-17,19,28H,4-11,14-15,18H2,1-3H3/t28-/m0/s1. The number of ether oxygens (including phenoxy) is 4. The Labute approximate surface area is 209 Å². The van der Waals surface area contributed by atoms with Crippen LogP contribution >= 0.6 is 0 Å². The minimum Gasteiger partial charge on any atom is -0.493 e. The summed E-state index contributed by atoms with van der Waals surface area (Å²) in [6, 6.07) is 9.17. The Morgan fingerprint density at radius 2 is 1.77 bits per heavy atom. The highest BCUT2D eigenvalue weighted by Gasteiger charge is 2.43. The second-order valence-electron chi connectivity index (χ2n) is 10.3. The highest BCUT2D eigenvalue weighted by molar-refractivity contribution is 5.95. The first-order chi connectivity index (χ1) is 17.2. The van der Waals surface area contributed by atoms with Crippen molar-refractivity contribution in [1.29, 1.82) is 0 Å². The van der Waals surface area contributed by atoms with Crippen LogP contribution in [0.1, 0.15) is 86.6 Å². The van der Waals surface area contributed by atoms with Gasteiger partial charge in [-0.1, -0.05) is 38.7 Å². The van der Waals surface area contributed by atoms with Crippen molar-refractivity contribution >= 4 is 11.3 Å². The number of unbranched alkanes of at least 4 members (excludes halogenated alkanes) is 2. The van der Waals surface area contributed by atoms with E-state index in [0.29, 0.717) is 18.8 Å². The van der Waals surface area contributed by atoms with E-state index in [1.165, 1.54) is 78.5 Å². The zero-order valence-electron chi connectivity index (χ0n) is 21.3. The van der Waals surface area contributed by atoms with Gasteiger partial charge in [-0.15, -0.1) is 0 Å². The van der Waals surface area contributed by atoms with Gasteiger partial charge in [-0.25, -0.2) is 0 Å². The van der Waals surface area contributed by atoms with E-state index in [0.717, 1.165) is 42.4 Å². The van der Waals surface area contributed by atoms with Gasteiger partial charge >= 0.3 is 0 Å². The Bertz CT molecular complexity index is 1150. The minimum atomic E-state index is 0.307. The summed E-state index contributed by atoms with van der Waals surface area (Å²) in [6.07, 6.45) is 10.9. The topological polar surface area (TPSA) is 40.2 Å². The van der Waals surface area contributed by atoms with Gasteiger partial charge in [-0.05, 0) is 72.9 Å². The highest BCUT2D eigenvalue weighted by Crippen LogP contribution is 2.57. The van der Waals surface area contributed by atoms with Gasteiger partial charge in [0.15, 0.2) is 23.0 Å². The number of nitrogens with zero attached hydrogens (tertiary/aromatic N) is 1. The van der Waals surface area contributed by atoms with Crippen LogP contribution in [0.2, 0.25) is 0 Å². The molecule has 4 aliphatic rings. The number of rotatable bonds is 7. The summed E-state index contributed by atoms with van der Waals surface area (Å²) in [4.78, 5) is 2.73. The zero-order chi connectivity index (χ0) is 23.9. The Morgan fingerprint density at radius 1 is 0.971 bits per heavy atom. The second-order valence-corrected chi connectivity index (χ2v) is 10.3. The Morgan fingerprint density at radius 3 is 2.51 bits per heavy atom.